The summed E-state index contributed by atoms with van der Waals surface area (Å²) in [5.41, 5.74) is 0. The Bertz CT molecular complexity index is 86.9. The van der Waals surface area contributed by atoms with Crippen LogP contribution in [-0.4, -0.2) is 6.54 Å². The SMILES string of the molecule is CCCCCC=CNCCC. The number of nitrogens with one attached hydrogen (secondary N) is 1. The van der Waals surface area contributed by atoms with Gasteiger partial charge in [0, 0.05) is 6.54 Å². The highest BCUT2D eigenvalue weighted by Crippen LogP contribution is 1.98. The number of hydrogen-bond acceptors (Lipinski definition) is 1. The molecule has 0 unspecified atom stereocenters. The van der Waals surface area contributed by atoms with E-state index in [1.54, 1.807) is 0 Å². The maximum Gasteiger partial charge on any atom is 0.0138 e. The van der Waals surface area contributed by atoms with Gasteiger partial charge in [-0.1, -0.05) is 32.8 Å². The summed E-state index contributed by atoms with van der Waals surface area (Å²) in [6.45, 7) is 5.52. The maximum absolute atomic E-state index is 3.23. The van der Waals surface area contributed by atoms with E-state index in [0.717, 1.165) is 6.54 Å². The molecule has 1 heteroatoms. The smallest absolute Gasteiger partial charge is 0.0138 e. The summed E-state index contributed by atoms with van der Waals surface area (Å²) >= 11 is 0. The monoisotopic (exact) mass is 155 g/mol. The summed E-state index contributed by atoms with van der Waals surface area (Å²) < 4.78 is 0. The van der Waals surface area contributed by atoms with Crippen LogP contribution < -0.4 is 5.32 Å². The molecule has 0 aromatic carbocycles. The zero-order chi connectivity index (χ0) is 8.36. The molecule has 0 saturated heterocycles. The lowest BCUT2D eigenvalue weighted by Gasteiger charge is -1.95. The predicted octanol–water partition coefficient (Wildman–Crippen LogP) is 3.08. The van der Waals surface area contributed by atoms with Crippen LogP contribution in [0.2, 0.25) is 0 Å². The van der Waals surface area contributed by atoms with Gasteiger partial charge in [-0.15, -0.1) is 0 Å². The van der Waals surface area contributed by atoms with E-state index < -0.39 is 0 Å². The first-order valence-electron chi connectivity index (χ1n) is 4.80. The fraction of sp³-hybridized carbons (Fsp3) is 0.800. The zero-order valence-electron chi connectivity index (χ0n) is 7.90. The summed E-state index contributed by atoms with van der Waals surface area (Å²) in [7, 11) is 0. The Morgan fingerprint density at radius 2 is 1.91 bits per heavy atom. The van der Waals surface area contributed by atoms with E-state index in [2.05, 4.69) is 31.4 Å². The van der Waals surface area contributed by atoms with E-state index in [0.29, 0.717) is 0 Å². The molecule has 0 aliphatic heterocycles. The molecule has 0 amide bonds. The van der Waals surface area contributed by atoms with Gasteiger partial charge in [-0.3, -0.25) is 0 Å². The summed E-state index contributed by atoms with van der Waals surface area (Å²) in [6, 6.07) is 0. The van der Waals surface area contributed by atoms with E-state index >= 15 is 0 Å². The van der Waals surface area contributed by atoms with Crippen molar-refractivity contribution in [2.75, 3.05) is 6.54 Å². The maximum atomic E-state index is 3.23. The van der Waals surface area contributed by atoms with Gasteiger partial charge in [0.15, 0.2) is 0 Å². The van der Waals surface area contributed by atoms with Gasteiger partial charge in [0.2, 0.25) is 0 Å². The van der Waals surface area contributed by atoms with Gasteiger partial charge < -0.3 is 5.32 Å². The molecular weight excluding hydrogens is 134 g/mol. The summed E-state index contributed by atoms with van der Waals surface area (Å²) in [5.74, 6) is 0. The molecule has 0 rings (SSSR count). The van der Waals surface area contributed by atoms with Gasteiger partial charge >= 0.3 is 0 Å². The summed E-state index contributed by atoms with van der Waals surface area (Å²) in [4.78, 5) is 0. The van der Waals surface area contributed by atoms with E-state index in [1.807, 2.05) is 0 Å². The molecule has 66 valence electrons. The van der Waals surface area contributed by atoms with Crippen molar-refractivity contribution in [2.24, 2.45) is 0 Å². The van der Waals surface area contributed by atoms with E-state index in [9.17, 15) is 0 Å². The number of unbranched alkanes of at least 4 members (excludes halogenated alkanes) is 3. The van der Waals surface area contributed by atoms with Crippen molar-refractivity contribution in [3.05, 3.63) is 12.3 Å². The average Bonchev–Trinajstić information content (AvgIpc) is 2.03. The second-order valence-corrected chi connectivity index (χ2v) is 2.85. The average molecular weight is 155 g/mol. The minimum absolute atomic E-state index is 1.10. The number of hydrogen-bond donors (Lipinski definition) is 1. The second kappa shape index (κ2) is 9.54. The third kappa shape index (κ3) is 9.54. The van der Waals surface area contributed by atoms with Crippen molar-refractivity contribution in [1.82, 2.24) is 5.32 Å². The molecule has 11 heavy (non-hydrogen) atoms. The van der Waals surface area contributed by atoms with Crippen LogP contribution in [0.25, 0.3) is 0 Å². The van der Waals surface area contributed by atoms with Gasteiger partial charge in [0.05, 0.1) is 0 Å². The Morgan fingerprint density at radius 3 is 2.55 bits per heavy atom. The van der Waals surface area contributed by atoms with E-state index in [1.165, 1.54) is 32.1 Å². The molecule has 0 aliphatic rings. The molecule has 1 N–H and O–H groups in total. The van der Waals surface area contributed by atoms with Crippen LogP contribution in [0.3, 0.4) is 0 Å². The molecule has 0 fully saturated rings. The van der Waals surface area contributed by atoms with Gasteiger partial charge in [0.1, 0.15) is 0 Å². The Labute approximate surface area is 70.9 Å². The quantitative estimate of drug-likeness (QED) is 0.557. The van der Waals surface area contributed by atoms with Crippen LogP contribution >= 0.6 is 0 Å². The van der Waals surface area contributed by atoms with Gasteiger partial charge in [-0.2, -0.15) is 0 Å². The molecule has 0 atom stereocenters. The van der Waals surface area contributed by atoms with E-state index in [-0.39, 0.29) is 0 Å². The van der Waals surface area contributed by atoms with Crippen molar-refractivity contribution in [2.45, 2.75) is 46.0 Å². The van der Waals surface area contributed by atoms with Gasteiger partial charge in [0.25, 0.3) is 0 Å². The Morgan fingerprint density at radius 1 is 1.09 bits per heavy atom. The first-order chi connectivity index (χ1) is 5.41. The topological polar surface area (TPSA) is 12.0 Å². The predicted molar refractivity (Wildman–Crippen MR) is 51.6 cm³/mol. The van der Waals surface area contributed by atoms with Crippen molar-refractivity contribution >= 4 is 0 Å². The lowest BCUT2D eigenvalue weighted by molar-refractivity contribution is 0.724. The lowest BCUT2D eigenvalue weighted by Crippen LogP contribution is -2.04. The minimum atomic E-state index is 1.10. The molecular formula is C10H21N. The molecule has 0 bridgehead atoms. The van der Waals surface area contributed by atoms with Crippen LogP contribution in [0.5, 0.6) is 0 Å². The molecule has 0 heterocycles. The summed E-state index contributed by atoms with van der Waals surface area (Å²) in [5, 5.41) is 3.23. The normalized spacial score (nSPS) is 10.7. The van der Waals surface area contributed by atoms with Crippen molar-refractivity contribution in [3.8, 4) is 0 Å². The molecule has 0 aliphatic carbocycles. The molecule has 1 nitrogen and oxygen atoms in total. The highest BCUT2D eigenvalue weighted by Gasteiger charge is 1.80. The molecule has 0 aromatic heterocycles. The fourth-order valence-electron chi connectivity index (χ4n) is 0.907. The first-order valence-corrected chi connectivity index (χ1v) is 4.80. The van der Waals surface area contributed by atoms with Crippen LogP contribution in [0, 0.1) is 0 Å². The van der Waals surface area contributed by atoms with Crippen molar-refractivity contribution in [1.29, 1.82) is 0 Å². The molecule has 0 saturated carbocycles. The van der Waals surface area contributed by atoms with Gasteiger partial charge in [-0.05, 0) is 25.5 Å². The van der Waals surface area contributed by atoms with Crippen molar-refractivity contribution < 1.29 is 0 Å². The second-order valence-electron chi connectivity index (χ2n) is 2.85. The molecule has 0 spiro atoms. The molecule has 0 radical (unpaired) electrons. The lowest BCUT2D eigenvalue weighted by atomic mass is 10.2. The van der Waals surface area contributed by atoms with Crippen LogP contribution in [-0.2, 0) is 0 Å². The third-order valence-electron chi connectivity index (χ3n) is 1.60. The van der Waals surface area contributed by atoms with Crippen molar-refractivity contribution in [3.63, 3.8) is 0 Å². The minimum Gasteiger partial charge on any atom is -0.391 e. The Balaban J connectivity index is 2.91. The summed E-state index contributed by atoms with van der Waals surface area (Å²) in [6.07, 6.45) is 10.8. The number of allylic oxidation sites excluding steroid dienone is 1. The Kier molecular flexibility index (Phi) is 9.14. The first kappa shape index (κ1) is 10.5. The Hall–Kier alpha value is -0.460. The van der Waals surface area contributed by atoms with Crippen LogP contribution in [0.15, 0.2) is 12.3 Å². The highest BCUT2D eigenvalue weighted by atomic mass is 14.8. The van der Waals surface area contributed by atoms with Gasteiger partial charge in [-0.25, -0.2) is 0 Å². The highest BCUT2D eigenvalue weighted by molar-refractivity contribution is 4.78. The van der Waals surface area contributed by atoms with E-state index in [4.69, 9.17) is 0 Å². The number of rotatable bonds is 7. The standard InChI is InChI=1S/C10H21N/c1-3-5-6-7-8-10-11-9-4-2/h8,10-11H,3-7,9H2,1-2H3. The van der Waals surface area contributed by atoms with Crippen LogP contribution in [0.4, 0.5) is 0 Å². The van der Waals surface area contributed by atoms with Crippen LogP contribution in [0.1, 0.15) is 46.0 Å². The third-order valence-corrected chi connectivity index (χ3v) is 1.60. The fourth-order valence-corrected chi connectivity index (χ4v) is 0.907. The zero-order valence-corrected chi connectivity index (χ0v) is 7.90. The molecule has 0 aromatic rings. The largest absolute Gasteiger partial charge is 0.391 e.